The van der Waals surface area contributed by atoms with E-state index < -0.39 is 0 Å². The lowest BCUT2D eigenvalue weighted by atomic mass is 10.2. The number of nitrogen functional groups attached to an aromatic ring is 1. The molecule has 0 atom stereocenters. The predicted molar refractivity (Wildman–Crippen MR) is 55.8 cm³/mol. The number of H-pyrrole nitrogens is 1. The van der Waals surface area contributed by atoms with Gasteiger partial charge in [0, 0.05) is 12.4 Å². The van der Waals surface area contributed by atoms with Gasteiger partial charge < -0.3 is 5.73 Å². The molecule has 2 aromatic rings. The molecule has 0 amide bonds. The highest BCUT2D eigenvalue weighted by molar-refractivity contribution is 7.98. The number of hydrogen-bond donors (Lipinski definition) is 2. The SMILES string of the molecule is CSc1nccc(-c2c[nH]nc2N)n1. The summed E-state index contributed by atoms with van der Waals surface area (Å²) in [6, 6.07) is 1.81. The van der Waals surface area contributed by atoms with E-state index >= 15 is 0 Å². The monoisotopic (exact) mass is 207 g/mol. The molecule has 2 heterocycles. The van der Waals surface area contributed by atoms with E-state index in [1.807, 2.05) is 6.26 Å². The minimum absolute atomic E-state index is 0.454. The van der Waals surface area contributed by atoms with Gasteiger partial charge in [-0.3, -0.25) is 5.10 Å². The second-order valence-electron chi connectivity index (χ2n) is 2.61. The number of hydrogen-bond acceptors (Lipinski definition) is 5. The third-order valence-corrected chi connectivity index (χ3v) is 2.32. The van der Waals surface area contributed by atoms with Crippen molar-refractivity contribution in [2.24, 2.45) is 0 Å². The first-order valence-electron chi connectivity index (χ1n) is 3.98. The summed E-state index contributed by atoms with van der Waals surface area (Å²) in [5.74, 6) is 0.454. The Morgan fingerprint density at radius 2 is 2.36 bits per heavy atom. The molecule has 0 spiro atoms. The van der Waals surface area contributed by atoms with Crippen LogP contribution in [0.1, 0.15) is 0 Å². The number of rotatable bonds is 2. The topological polar surface area (TPSA) is 80.5 Å². The van der Waals surface area contributed by atoms with Crippen molar-refractivity contribution in [3.8, 4) is 11.3 Å². The molecule has 6 heteroatoms. The minimum atomic E-state index is 0.454. The van der Waals surface area contributed by atoms with E-state index in [9.17, 15) is 0 Å². The van der Waals surface area contributed by atoms with Crippen molar-refractivity contribution in [1.29, 1.82) is 0 Å². The maximum Gasteiger partial charge on any atom is 0.187 e. The highest BCUT2D eigenvalue weighted by atomic mass is 32.2. The summed E-state index contributed by atoms with van der Waals surface area (Å²) in [7, 11) is 0. The van der Waals surface area contributed by atoms with Gasteiger partial charge in [-0.05, 0) is 12.3 Å². The third kappa shape index (κ3) is 1.56. The number of thioether (sulfide) groups is 1. The van der Waals surface area contributed by atoms with Crippen molar-refractivity contribution in [1.82, 2.24) is 20.2 Å². The van der Waals surface area contributed by atoms with Crippen LogP contribution in [0.2, 0.25) is 0 Å². The minimum Gasteiger partial charge on any atom is -0.382 e. The number of aromatic nitrogens is 4. The van der Waals surface area contributed by atoms with Crippen LogP contribution in [0.3, 0.4) is 0 Å². The molecule has 3 N–H and O–H groups in total. The molecule has 2 aromatic heterocycles. The summed E-state index contributed by atoms with van der Waals surface area (Å²) >= 11 is 1.49. The molecule has 72 valence electrons. The van der Waals surface area contributed by atoms with Crippen molar-refractivity contribution < 1.29 is 0 Å². The fourth-order valence-corrected chi connectivity index (χ4v) is 1.45. The van der Waals surface area contributed by atoms with E-state index in [4.69, 9.17) is 5.73 Å². The first-order chi connectivity index (χ1) is 6.81. The van der Waals surface area contributed by atoms with Crippen LogP contribution in [0.15, 0.2) is 23.6 Å². The van der Waals surface area contributed by atoms with E-state index in [2.05, 4.69) is 20.2 Å². The fraction of sp³-hybridized carbons (Fsp3) is 0.125. The van der Waals surface area contributed by atoms with Gasteiger partial charge in [0.05, 0.1) is 11.3 Å². The Morgan fingerprint density at radius 1 is 1.50 bits per heavy atom. The molecule has 2 rings (SSSR count). The first-order valence-corrected chi connectivity index (χ1v) is 5.20. The van der Waals surface area contributed by atoms with E-state index in [-0.39, 0.29) is 0 Å². The predicted octanol–water partition coefficient (Wildman–Crippen LogP) is 1.17. The van der Waals surface area contributed by atoms with Crippen LogP contribution >= 0.6 is 11.8 Å². The molecule has 0 aliphatic carbocycles. The van der Waals surface area contributed by atoms with Gasteiger partial charge in [-0.15, -0.1) is 0 Å². The molecule has 0 bridgehead atoms. The molecular formula is C8H9N5S. The van der Waals surface area contributed by atoms with Gasteiger partial charge in [0.25, 0.3) is 0 Å². The van der Waals surface area contributed by atoms with Crippen molar-refractivity contribution in [3.05, 3.63) is 18.5 Å². The molecule has 0 saturated heterocycles. The second kappa shape index (κ2) is 3.67. The lowest BCUT2D eigenvalue weighted by Crippen LogP contribution is -1.92. The first kappa shape index (κ1) is 9.01. The van der Waals surface area contributed by atoms with E-state index in [0.717, 1.165) is 16.4 Å². The van der Waals surface area contributed by atoms with Crippen molar-refractivity contribution in [2.45, 2.75) is 5.16 Å². The number of nitrogens with two attached hydrogens (primary N) is 1. The van der Waals surface area contributed by atoms with Gasteiger partial charge in [0.15, 0.2) is 11.0 Å². The van der Waals surface area contributed by atoms with Gasteiger partial charge in [-0.25, -0.2) is 9.97 Å². The summed E-state index contributed by atoms with van der Waals surface area (Å²) in [6.45, 7) is 0. The summed E-state index contributed by atoms with van der Waals surface area (Å²) in [5, 5.41) is 7.25. The van der Waals surface area contributed by atoms with Crippen LogP contribution in [0.5, 0.6) is 0 Å². The smallest absolute Gasteiger partial charge is 0.187 e. The summed E-state index contributed by atoms with van der Waals surface area (Å²) < 4.78 is 0. The number of nitrogens with zero attached hydrogens (tertiary/aromatic N) is 3. The molecule has 0 unspecified atom stereocenters. The van der Waals surface area contributed by atoms with Crippen molar-refractivity contribution >= 4 is 17.6 Å². The van der Waals surface area contributed by atoms with Crippen LogP contribution < -0.4 is 5.73 Å². The zero-order chi connectivity index (χ0) is 9.97. The summed E-state index contributed by atoms with van der Waals surface area (Å²) in [4.78, 5) is 8.38. The standard InChI is InChI=1S/C8H9N5S/c1-14-8-10-3-2-6(12-8)5-4-11-13-7(5)9/h2-4H,1H3,(H3,9,11,13). The molecule has 0 radical (unpaired) electrons. The van der Waals surface area contributed by atoms with E-state index in [1.54, 1.807) is 18.5 Å². The van der Waals surface area contributed by atoms with Crippen LogP contribution in [0, 0.1) is 0 Å². The molecular weight excluding hydrogens is 198 g/mol. The Kier molecular flexibility index (Phi) is 2.36. The van der Waals surface area contributed by atoms with Gasteiger partial charge >= 0.3 is 0 Å². The van der Waals surface area contributed by atoms with Gasteiger partial charge in [0.2, 0.25) is 0 Å². The summed E-state index contributed by atoms with van der Waals surface area (Å²) in [6.07, 6.45) is 5.36. The Hall–Kier alpha value is -1.56. The highest BCUT2D eigenvalue weighted by Crippen LogP contribution is 2.22. The quantitative estimate of drug-likeness (QED) is 0.570. The Balaban J connectivity index is 2.47. The maximum absolute atomic E-state index is 5.65. The molecule has 0 aliphatic heterocycles. The number of anilines is 1. The molecule has 0 fully saturated rings. The van der Waals surface area contributed by atoms with Crippen molar-refractivity contribution in [2.75, 3.05) is 12.0 Å². The summed E-state index contributed by atoms with van der Waals surface area (Å²) in [5.41, 5.74) is 7.25. The third-order valence-electron chi connectivity index (χ3n) is 1.76. The number of nitrogens with one attached hydrogen (secondary N) is 1. The van der Waals surface area contributed by atoms with Gasteiger partial charge in [0.1, 0.15) is 0 Å². The van der Waals surface area contributed by atoms with Crippen LogP contribution in [-0.4, -0.2) is 26.4 Å². The Morgan fingerprint density at radius 3 is 3.00 bits per heavy atom. The molecule has 5 nitrogen and oxygen atoms in total. The second-order valence-corrected chi connectivity index (χ2v) is 3.39. The molecule has 14 heavy (non-hydrogen) atoms. The maximum atomic E-state index is 5.65. The Bertz CT molecular complexity index is 439. The van der Waals surface area contributed by atoms with Crippen molar-refractivity contribution in [3.63, 3.8) is 0 Å². The lowest BCUT2D eigenvalue weighted by Gasteiger charge is -1.99. The molecule has 0 saturated carbocycles. The van der Waals surface area contributed by atoms with Crippen LogP contribution in [0.25, 0.3) is 11.3 Å². The molecule has 0 aromatic carbocycles. The van der Waals surface area contributed by atoms with Crippen LogP contribution in [-0.2, 0) is 0 Å². The zero-order valence-electron chi connectivity index (χ0n) is 7.56. The lowest BCUT2D eigenvalue weighted by molar-refractivity contribution is 0.977. The van der Waals surface area contributed by atoms with E-state index in [0.29, 0.717) is 5.82 Å². The van der Waals surface area contributed by atoms with E-state index in [1.165, 1.54) is 11.8 Å². The molecule has 0 aliphatic rings. The average molecular weight is 207 g/mol. The van der Waals surface area contributed by atoms with Gasteiger partial charge in [-0.1, -0.05) is 11.8 Å². The average Bonchev–Trinajstić information content (AvgIpc) is 2.65. The van der Waals surface area contributed by atoms with Crippen LogP contribution in [0.4, 0.5) is 5.82 Å². The fourth-order valence-electron chi connectivity index (χ4n) is 1.09. The zero-order valence-corrected chi connectivity index (χ0v) is 8.38. The normalized spacial score (nSPS) is 10.4. The van der Waals surface area contributed by atoms with Gasteiger partial charge in [-0.2, -0.15) is 5.10 Å². The Labute approximate surface area is 85.2 Å². The number of aromatic amines is 1. The largest absolute Gasteiger partial charge is 0.382 e. The highest BCUT2D eigenvalue weighted by Gasteiger charge is 2.06.